The number of para-hydroxylation sites is 2. The molecular formula is C26H26ClN3O3. The van der Waals surface area contributed by atoms with E-state index >= 15 is 0 Å². The number of ether oxygens (including phenoxy) is 1. The zero-order valence-corrected chi connectivity index (χ0v) is 18.9. The third-order valence-electron chi connectivity index (χ3n) is 5.27. The van der Waals surface area contributed by atoms with Gasteiger partial charge in [0.25, 0.3) is 0 Å². The Morgan fingerprint density at radius 2 is 1.73 bits per heavy atom. The molecule has 2 N–H and O–H groups in total. The van der Waals surface area contributed by atoms with Gasteiger partial charge in [0.2, 0.25) is 5.91 Å². The van der Waals surface area contributed by atoms with Crippen molar-refractivity contribution in [3.8, 4) is 0 Å². The number of nitrogens with one attached hydrogen (secondary N) is 1. The van der Waals surface area contributed by atoms with Gasteiger partial charge < -0.3 is 19.7 Å². The standard InChI is InChI=1S/C26H26ClN3O3/c27-21-12-10-20(11-13-21)17-33-18-22(31)16-30-24-9-5-4-8-23(24)29-25(30)14-26(32)28-15-19-6-2-1-3-7-19/h1-13,22,31H,14-18H2,(H,28,32). The van der Waals surface area contributed by atoms with E-state index in [1.807, 2.05) is 83.4 Å². The minimum absolute atomic E-state index is 0.121. The van der Waals surface area contributed by atoms with Gasteiger partial charge in [-0.15, -0.1) is 0 Å². The van der Waals surface area contributed by atoms with E-state index in [1.54, 1.807) is 0 Å². The van der Waals surface area contributed by atoms with Gasteiger partial charge in [0, 0.05) is 11.6 Å². The predicted molar refractivity (Wildman–Crippen MR) is 129 cm³/mol. The second kappa shape index (κ2) is 11.1. The first-order valence-corrected chi connectivity index (χ1v) is 11.2. The number of fused-ring (bicyclic) bond motifs is 1. The van der Waals surface area contributed by atoms with Gasteiger partial charge in [-0.3, -0.25) is 4.79 Å². The minimum atomic E-state index is -0.749. The Bertz CT molecular complexity index is 1190. The molecule has 1 aromatic heterocycles. The first-order chi connectivity index (χ1) is 16.1. The van der Waals surface area contributed by atoms with E-state index < -0.39 is 6.10 Å². The molecule has 1 heterocycles. The zero-order valence-electron chi connectivity index (χ0n) is 18.2. The first kappa shape index (κ1) is 23.0. The molecule has 4 rings (SSSR count). The first-order valence-electron chi connectivity index (χ1n) is 10.8. The molecule has 1 unspecified atom stereocenters. The smallest absolute Gasteiger partial charge is 0.227 e. The van der Waals surface area contributed by atoms with Crippen LogP contribution in [0.25, 0.3) is 11.0 Å². The number of halogens is 1. The lowest BCUT2D eigenvalue weighted by molar-refractivity contribution is -0.120. The van der Waals surface area contributed by atoms with Crippen molar-refractivity contribution in [1.29, 1.82) is 0 Å². The molecule has 0 aliphatic rings. The highest BCUT2D eigenvalue weighted by atomic mass is 35.5. The van der Waals surface area contributed by atoms with Crippen LogP contribution in [0, 0.1) is 0 Å². The predicted octanol–water partition coefficient (Wildman–Crippen LogP) is 4.13. The number of hydrogen-bond acceptors (Lipinski definition) is 4. The number of hydrogen-bond donors (Lipinski definition) is 2. The molecule has 3 aromatic carbocycles. The summed E-state index contributed by atoms with van der Waals surface area (Å²) >= 11 is 5.91. The maximum atomic E-state index is 12.6. The van der Waals surface area contributed by atoms with Crippen molar-refractivity contribution in [3.05, 3.63) is 101 Å². The summed E-state index contributed by atoms with van der Waals surface area (Å²) in [5.74, 6) is 0.488. The number of aliphatic hydroxyl groups excluding tert-OH is 1. The molecule has 0 saturated heterocycles. The lowest BCUT2D eigenvalue weighted by Gasteiger charge is -2.15. The van der Waals surface area contributed by atoms with E-state index in [9.17, 15) is 9.90 Å². The van der Waals surface area contributed by atoms with Crippen LogP contribution in [-0.2, 0) is 35.6 Å². The van der Waals surface area contributed by atoms with E-state index in [4.69, 9.17) is 16.3 Å². The number of imidazole rings is 1. The third kappa shape index (κ3) is 6.42. The molecule has 7 heteroatoms. The molecule has 0 spiro atoms. The number of rotatable bonds is 10. The summed E-state index contributed by atoms with van der Waals surface area (Å²) in [5, 5.41) is 14.2. The summed E-state index contributed by atoms with van der Waals surface area (Å²) in [7, 11) is 0. The molecule has 0 aliphatic heterocycles. The number of amides is 1. The maximum absolute atomic E-state index is 12.6. The number of benzene rings is 3. The highest BCUT2D eigenvalue weighted by Gasteiger charge is 2.17. The topological polar surface area (TPSA) is 76.4 Å². The van der Waals surface area contributed by atoms with Crippen molar-refractivity contribution in [2.24, 2.45) is 0 Å². The van der Waals surface area contributed by atoms with Gasteiger partial charge in [-0.2, -0.15) is 0 Å². The van der Waals surface area contributed by atoms with Gasteiger partial charge in [0.05, 0.1) is 43.3 Å². The van der Waals surface area contributed by atoms with Gasteiger partial charge >= 0.3 is 0 Å². The second-order valence-corrected chi connectivity index (χ2v) is 8.30. The van der Waals surface area contributed by atoms with Gasteiger partial charge in [-0.25, -0.2) is 4.98 Å². The van der Waals surface area contributed by atoms with Crippen molar-refractivity contribution in [3.63, 3.8) is 0 Å². The Kier molecular flexibility index (Phi) is 7.73. The van der Waals surface area contributed by atoms with Gasteiger partial charge in [0.1, 0.15) is 5.82 Å². The summed E-state index contributed by atoms with van der Waals surface area (Å²) in [5.41, 5.74) is 3.68. The molecule has 0 saturated carbocycles. The summed E-state index contributed by atoms with van der Waals surface area (Å²) in [6.45, 7) is 1.28. The highest BCUT2D eigenvalue weighted by Crippen LogP contribution is 2.18. The highest BCUT2D eigenvalue weighted by molar-refractivity contribution is 6.30. The number of carbonyl (C=O) groups excluding carboxylic acids is 1. The van der Waals surface area contributed by atoms with E-state index in [0.717, 1.165) is 22.2 Å². The van der Waals surface area contributed by atoms with Crippen LogP contribution in [0.1, 0.15) is 17.0 Å². The molecule has 4 aromatic rings. The second-order valence-electron chi connectivity index (χ2n) is 7.86. The molecule has 0 fully saturated rings. The van der Waals surface area contributed by atoms with Crippen LogP contribution >= 0.6 is 11.6 Å². The van der Waals surface area contributed by atoms with Crippen LogP contribution in [0.2, 0.25) is 5.02 Å². The molecule has 1 atom stereocenters. The quantitative estimate of drug-likeness (QED) is 0.371. The van der Waals surface area contributed by atoms with Gasteiger partial charge in [-0.05, 0) is 35.4 Å². The van der Waals surface area contributed by atoms with Crippen LogP contribution < -0.4 is 5.32 Å². The lowest BCUT2D eigenvalue weighted by Crippen LogP contribution is -2.28. The van der Waals surface area contributed by atoms with Crippen molar-refractivity contribution < 1.29 is 14.6 Å². The Hall–Kier alpha value is -3.19. The molecule has 6 nitrogen and oxygen atoms in total. The minimum Gasteiger partial charge on any atom is -0.389 e. The van der Waals surface area contributed by atoms with E-state index in [1.165, 1.54) is 0 Å². The summed E-state index contributed by atoms with van der Waals surface area (Å²) in [6, 6.07) is 24.8. The van der Waals surface area contributed by atoms with Crippen molar-refractivity contribution in [1.82, 2.24) is 14.9 Å². The SMILES string of the molecule is O=C(Cc1nc2ccccc2n1CC(O)COCc1ccc(Cl)cc1)NCc1ccccc1. The molecule has 0 bridgehead atoms. The molecule has 0 radical (unpaired) electrons. The van der Waals surface area contributed by atoms with Crippen molar-refractivity contribution in [2.45, 2.75) is 32.2 Å². The van der Waals surface area contributed by atoms with Crippen LogP contribution in [0.15, 0.2) is 78.9 Å². The molecule has 1 amide bonds. The number of aliphatic hydroxyl groups is 1. The molecule has 170 valence electrons. The fourth-order valence-electron chi connectivity index (χ4n) is 3.62. The van der Waals surface area contributed by atoms with Crippen LogP contribution in [0.4, 0.5) is 0 Å². The number of nitrogens with zero attached hydrogens (tertiary/aromatic N) is 2. The normalized spacial score (nSPS) is 12.1. The Balaban J connectivity index is 1.38. The van der Waals surface area contributed by atoms with Crippen molar-refractivity contribution in [2.75, 3.05) is 6.61 Å². The lowest BCUT2D eigenvalue weighted by atomic mass is 10.2. The third-order valence-corrected chi connectivity index (χ3v) is 5.52. The fourth-order valence-corrected chi connectivity index (χ4v) is 3.75. The number of carbonyl (C=O) groups is 1. The Morgan fingerprint density at radius 3 is 2.52 bits per heavy atom. The van der Waals surface area contributed by atoms with E-state index in [2.05, 4.69) is 10.3 Å². The maximum Gasteiger partial charge on any atom is 0.227 e. The number of aromatic nitrogens is 2. The fraction of sp³-hybridized carbons (Fsp3) is 0.231. The van der Waals surface area contributed by atoms with Gasteiger partial charge in [-0.1, -0.05) is 66.2 Å². The van der Waals surface area contributed by atoms with E-state index in [0.29, 0.717) is 24.0 Å². The monoisotopic (exact) mass is 463 g/mol. The van der Waals surface area contributed by atoms with Gasteiger partial charge in [0.15, 0.2) is 0 Å². The summed E-state index contributed by atoms with van der Waals surface area (Å²) in [4.78, 5) is 17.2. The Labute approximate surface area is 197 Å². The van der Waals surface area contributed by atoms with Crippen LogP contribution in [0.5, 0.6) is 0 Å². The molecular weight excluding hydrogens is 438 g/mol. The van der Waals surface area contributed by atoms with Crippen molar-refractivity contribution >= 4 is 28.5 Å². The average Bonchev–Trinajstić information content (AvgIpc) is 3.16. The largest absolute Gasteiger partial charge is 0.389 e. The Morgan fingerprint density at radius 1 is 1.00 bits per heavy atom. The van der Waals surface area contributed by atoms with E-state index in [-0.39, 0.29) is 25.5 Å². The molecule has 33 heavy (non-hydrogen) atoms. The average molecular weight is 464 g/mol. The van der Waals surface area contributed by atoms with Crippen LogP contribution in [0.3, 0.4) is 0 Å². The zero-order chi connectivity index (χ0) is 23.0. The molecule has 0 aliphatic carbocycles. The summed E-state index contributed by atoms with van der Waals surface area (Å²) in [6.07, 6.45) is -0.624. The summed E-state index contributed by atoms with van der Waals surface area (Å²) < 4.78 is 7.58. The van der Waals surface area contributed by atoms with Crippen LogP contribution in [-0.4, -0.2) is 33.3 Å².